The first-order valence-corrected chi connectivity index (χ1v) is 11.9. The molecule has 0 aliphatic heterocycles. The molecule has 34 heavy (non-hydrogen) atoms. The van der Waals surface area contributed by atoms with E-state index in [2.05, 4.69) is 34.9 Å². The van der Waals surface area contributed by atoms with Gasteiger partial charge in [-0.3, -0.25) is 9.59 Å². The van der Waals surface area contributed by atoms with Crippen molar-refractivity contribution in [3.05, 3.63) is 59.7 Å². The third kappa shape index (κ3) is 5.08. The minimum atomic E-state index is -0.950. The summed E-state index contributed by atoms with van der Waals surface area (Å²) in [4.78, 5) is 36.5. The van der Waals surface area contributed by atoms with Crippen molar-refractivity contribution in [3.8, 4) is 11.1 Å². The predicted molar refractivity (Wildman–Crippen MR) is 128 cm³/mol. The van der Waals surface area contributed by atoms with E-state index in [4.69, 9.17) is 9.84 Å². The topological polar surface area (TPSA) is 105 Å². The van der Waals surface area contributed by atoms with Gasteiger partial charge in [0.15, 0.2) is 0 Å². The van der Waals surface area contributed by atoms with Crippen molar-refractivity contribution in [2.75, 3.05) is 6.61 Å². The number of alkyl carbamates (subject to hydrolysis) is 1. The van der Waals surface area contributed by atoms with Gasteiger partial charge in [-0.25, -0.2) is 4.79 Å². The number of rotatable bonds is 9. The summed E-state index contributed by atoms with van der Waals surface area (Å²) in [5.74, 6) is -1.23. The maximum atomic E-state index is 12.7. The molecule has 2 amide bonds. The van der Waals surface area contributed by atoms with Gasteiger partial charge in [-0.05, 0) is 47.4 Å². The van der Waals surface area contributed by atoms with Crippen LogP contribution in [-0.4, -0.2) is 41.3 Å². The van der Waals surface area contributed by atoms with Crippen molar-refractivity contribution in [1.82, 2.24) is 10.6 Å². The summed E-state index contributed by atoms with van der Waals surface area (Å²) in [6.07, 6.45) is 1.75. The van der Waals surface area contributed by atoms with E-state index >= 15 is 0 Å². The molecular weight excluding hydrogens is 432 g/mol. The maximum absolute atomic E-state index is 12.7. The second-order valence-corrected chi connectivity index (χ2v) is 9.78. The minimum absolute atomic E-state index is 0.00696. The number of hydrogen-bond acceptors (Lipinski definition) is 4. The van der Waals surface area contributed by atoms with Crippen LogP contribution in [0.15, 0.2) is 48.5 Å². The van der Waals surface area contributed by atoms with Crippen molar-refractivity contribution in [2.24, 2.45) is 5.92 Å². The Kier molecular flexibility index (Phi) is 6.91. The molecule has 1 atom stereocenters. The lowest BCUT2D eigenvalue weighted by Gasteiger charge is -2.42. The summed E-state index contributed by atoms with van der Waals surface area (Å²) < 4.78 is 5.67. The number of nitrogens with one attached hydrogen (secondary N) is 2. The van der Waals surface area contributed by atoms with E-state index in [-0.39, 0.29) is 37.2 Å². The van der Waals surface area contributed by atoms with E-state index in [0.717, 1.165) is 17.5 Å². The van der Waals surface area contributed by atoms with Gasteiger partial charge >= 0.3 is 12.1 Å². The van der Waals surface area contributed by atoms with Crippen LogP contribution in [0.25, 0.3) is 11.1 Å². The van der Waals surface area contributed by atoms with Crippen LogP contribution in [0.5, 0.6) is 0 Å². The van der Waals surface area contributed by atoms with Crippen LogP contribution in [0, 0.1) is 5.92 Å². The highest BCUT2D eigenvalue weighted by atomic mass is 16.5. The molecule has 0 radical (unpaired) electrons. The fourth-order valence-electron chi connectivity index (χ4n) is 5.01. The molecule has 0 bridgehead atoms. The van der Waals surface area contributed by atoms with E-state index in [1.165, 1.54) is 11.1 Å². The van der Waals surface area contributed by atoms with Crippen LogP contribution in [0.4, 0.5) is 4.79 Å². The lowest BCUT2D eigenvalue weighted by Crippen LogP contribution is -2.56. The second-order valence-electron chi connectivity index (χ2n) is 9.78. The number of carboxylic acid groups (broad SMARTS) is 1. The summed E-state index contributed by atoms with van der Waals surface area (Å²) in [5, 5.41) is 14.9. The Morgan fingerprint density at radius 3 is 2.12 bits per heavy atom. The largest absolute Gasteiger partial charge is 0.481 e. The molecule has 0 saturated heterocycles. The second kappa shape index (κ2) is 9.87. The van der Waals surface area contributed by atoms with Crippen molar-refractivity contribution in [3.63, 3.8) is 0 Å². The van der Waals surface area contributed by atoms with Gasteiger partial charge in [-0.2, -0.15) is 0 Å². The first kappa shape index (κ1) is 23.8. The molecule has 2 aliphatic rings. The quantitative estimate of drug-likeness (QED) is 0.508. The number of amides is 2. The average molecular weight is 465 g/mol. The molecule has 0 spiro atoms. The molecule has 2 aromatic carbocycles. The van der Waals surface area contributed by atoms with E-state index in [9.17, 15) is 14.4 Å². The fourth-order valence-corrected chi connectivity index (χ4v) is 5.01. The van der Waals surface area contributed by atoms with Crippen LogP contribution < -0.4 is 10.6 Å². The number of aliphatic carboxylic acids is 1. The van der Waals surface area contributed by atoms with E-state index in [0.29, 0.717) is 12.8 Å². The normalized spacial score (nSPS) is 16.7. The zero-order valence-corrected chi connectivity index (χ0v) is 19.7. The maximum Gasteiger partial charge on any atom is 0.407 e. The molecule has 1 fully saturated rings. The van der Waals surface area contributed by atoms with Gasteiger partial charge in [0.25, 0.3) is 0 Å². The summed E-state index contributed by atoms with van der Waals surface area (Å²) in [6, 6.07) is 15.9. The molecule has 3 N–H and O–H groups in total. The first-order chi connectivity index (χ1) is 16.3. The third-order valence-electron chi connectivity index (χ3n) is 7.07. The Bertz CT molecular complexity index is 1030. The number of ether oxygens (including phenoxy) is 1. The van der Waals surface area contributed by atoms with Crippen LogP contribution in [-0.2, 0) is 14.3 Å². The highest BCUT2D eigenvalue weighted by molar-refractivity contribution is 5.81. The molecule has 7 heteroatoms. The zero-order chi connectivity index (χ0) is 24.3. The van der Waals surface area contributed by atoms with Crippen molar-refractivity contribution in [2.45, 2.75) is 63.5 Å². The highest BCUT2D eigenvalue weighted by Crippen LogP contribution is 2.44. The Morgan fingerprint density at radius 1 is 1.03 bits per heavy atom. The van der Waals surface area contributed by atoms with Gasteiger partial charge in [0.05, 0.1) is 12.0 Å². The highest BCUT2D eigenvalue weighted by Gasteiger charge is 2.41. The molecule has 0 heterocycles. The standard InChI is InChI=1S/C27H32N2O5/c1-17(2)23(14-25(31)32)28-24(30)15-27(12-7-13-27)29-26(33)34-16-22-20-10-5-3-8-18(20)19-9-4-6-11-21(19)22/h3-6,8-11,17,22-23H,7,12-16H2,1-2H3,(H,28,30)(H,29,33)(H,31,32)/t23-/m0/s1. The van der Waals surface area contributed by atoms with Crippen LogP contribution in [0.2, 0.25) is 0 Å². The van der Waals surface area contributed by atoms with Crippen LogP contribution in [0.3, 0.4) is 0 Å². The lowest BCUT2D eigenvalue weighted by molar-refractivity contribution is -0.138. The smallest absolute Gasteiger partial charge is 0.407 e. The number of carboxylic acids is 1. The molecule has 4 rings (SSSR count). The summed E-state index contributed by atoms with van der Waals surface area (Å²) in [5.41, 5.74) is 3.98. The van der Waals surface area contributed by atoms with Gasteiger partial charge in [0, 0.05) is 18.4 Å². The predicted octanol–water partition coefficient (Wildman–Crippen LogP) is 4.45. The summed E-state index contributed by atoms with van der Waals surface area (Å²) >= 11 is 0. The molecule has 1 saturated carbocycles. The molecular formula is C27H32N2O5. The monoisotopic (exact) mass is 464 g/mol. The molecule has 7 nitrogen and oxygen atoms in total. The molecule has 0 unspecified atom stereocenters. The molecule has 2 aliphatic carbocycles. The SMILES string of the molecule is CC(C)[C@H](CC(=O)O)NC(=O)CC1(NC(=O)OCC2c3ccccc3-c3ccccc32)CCC1. The average Bonchev–Trinajstić information content (AvgIpc) is 3.09. The number of hydrogen-bond donors (Lipinski definition) is 3. The lowest BCUT2D eigenvalue weighted by atomic mass is 9.74. The summed E-state index contributed by atoms with van der Waals surface area (Å²) in [6.45, 7) is 3.97. The van der Waals surface area contributed by atoms with Crippen molar-refractivity contribution >= 4 is 18.0 Å². The van der Waals surface area contributed by atoms with Crippen LogP contribution in [0.1, 0.15) is 63.0 Å². The van der Waals surface area contributed by atoms with Gasteiger partial charge in [0.1, 0.15) is 6.61 Å². The first-order valence-electron chi connectivity index (χ1n) is 11.9. The number of carbonyl (C=O) groups excluding carboxylic acids is 2. The van der Waals surface area contributed by atoms with Crippen molar-refractivity contribution in [1.29, 1.82) is 0 Å². The van der Waals surface area contributed by atoms with Crippen LogP contribution >= 0.6 is 0 Å². The van der Waals surface area contributed by atoms with E-state index in [1.54, 1.807) is 0 Å². The number of fused-ring (bicyclic) bond motifs is 3. The Morgan fingerprint density at radius 2 is 1.62 bits per heavy atom. The molecule has 0 aromatic heterocycles. The van der Waals surface area contributed by atoms with Gasteiger partial charge in [0.2, 0.25) is 5.91 Å². The van der Waals surface area contributed by atoms with Gasteiger partial charge < -0.3 is 20.5 Å². The fraction of sp³-hybridized carbons (Fsp3) is 0.444. The Balaban J connectivity index is 1.36. The Labute approximate surface area is 199 Å². The van der Waals surface area contributed by atoms with Gasteiger partial charge in [-0.15, -0.1) is 0 Å². The summed E-state index contributed by atoms with van der Waals surface area (Å²) in [7, 11) is 0. The number of carbonyl (C=O) groups is 3. The van der Waals surface area contributed by atoms with Gasteiger partial charge in [-0.1, -0.05) is 62.4 Å². The third-order valence-corrected chi connectivity index (χ3v) is 7.07. The zero-order valence-electron chi connectivity index (χ0n) is 19.7. The molecule has 180 valence electrons. The van der Waals surface area contributed by atoms with E-state index in [1.807, 2.05) is 38.1 Å². The Hall–Kier alpha value is -3.35. The minimum Gasteiger partial charge on any atom is -0.481 e. The molecule has 2 aromatic rings. The van der Waals surface area contributed by atoms with E-state index < -0.39 is 23.6 Å². The van der Waals surface area contributed by atoms with Crippen molar-refractivity contribution < 1.29 is 24.2 Å². The number of benzene rings is 2.